The second-order valence-electron chi connectivity index (χ2n) is 4.68. The van der Waals surface area contributed by atoms with E-state index in [0.29, 0.717) is 4.88 Å². The summed E-state index contributed by atoms with van der Waals surface area (Å²) in [6.45, 7) is 8.54. The quantitative estimate of drug-likeness (QED) is 0.917. The van der Waals surface area contributed by atoms with Crippen LogP contribution in [-0.2, 0) is 6.54 Å². The van der Waals surface area contributed by atoms with Gasteiger partial charge in [0.05, 0.1) is 16.7 Å². The molecule has 0 spiro atoms. The molecule has 0 unspecified atom stereocenters. The van der Waals surface area contributed by atoms with Crippen molar-refractivity contribution < 1.29 is 4.79 Å². The molecule has 6 nitrogen and oxygen atoms in total. The zero-order chi connectivity index (χ0) is 14.7. The van der Waals surface area contributed by atoms with Crippen LogP contribution < -0.4 is 5.32 Å². The summed E-state index contributed by atoms with van der Waals surface area (Å²) in [4.78, 5) is 21.4. The van der Waals surface area contributed by atoms with Gasteiger partial charge in [0, 0.05) is 6.54 Å². The Labute approximate surface area is 122 Å². The number of carbonyl (C=O) groups is 1. The van der Waals surface area contributed by atoms with Crippen LogP contribution in [0.1, 0.15) is 52.5 Å². The average Bonchev–Trinajstić information content (AvgIpc) is 2.96. The highest BCUT2D eigenvalue weighted by Gasteiger charge is 2.19. The van der Waals surface area contributed by atoms with Crippen molar-refractivity contribution in [2.45, 2.75) is 46.7 Å². The molecule has 1 atom stereocenters. The predicted molar refractivity (Wildman–Crippen MR) is 77.8 cm³/mol. The first-order valence-corrected chi connectivity index (χ1v) is 7.47. The predicted octanol–water partition coefficient (Wildman–Crippen LogP) is 2.25. The SMILES string of the molecule is CCCn1ncnc1[C@@H](C)NC(=O)c1sc(C)nc1C. The minimum absolute atomic E-state index is 0.105. The van der Waals surface area contributed by atoms with E-state index < -0.39 is 0 Å². The normalized spacial score (nSPS) is 12.4. The fourth-order valence-corrected chi connectivity index (χ4v) is 2.88. The highest BCUT2D eigenvalue weighted by molar-refractivity contribution is 7.13. The van der Waals surface area contributed by atoms with Crippen molar-refractivity contribution in [1.82, 2.24) is 25.1 Å². The van der Waals surface area contributed by atoms with E-state index in [9.17, 15) is 4.79 Å². The summed E-state index contributed by atoms with van der Waals surface area (Å²) in [5.74, 6) is 0.672. The van der Waals surface area contributed by atoms with Crippen LogP contribution in [0.3, 0.4) is 0 Å². The largest absolute Gasteiger partial charge is 0.342 e. The molecule has 0 saturated heterocycles. The Morgan fingerprint density at radius 2 is 2.25 bits per heavy atom. The van der Waals surface area contributed by atoms with Gasteiger partial charge in [-0.3, -0.25) is 4.79 Å². The van der Waals surface area contributed by atoms with E-state index in [4.69, 9.17) is 0 Å². The van der Waals surface area contributed by atoms with Gasteiger partial charge in [-0.15, -0.1) is 11.3 Å². The van der Waals surface area contributed by atoms with Crippen LogP contribution in [0.2, 0.25) is 0 Å². The number of hydrogen-bond acceptors (Lipinski definition) is 5. The van der Waals surface area contributed by atoms with Crippen molar-refractivity contribution in [2.24, 2.45) is 0 Å². The molecule has 2 heterocycles. The number of carbonyl (C=O) groups excluding carboxylic acids is 1. The zero-order valence-corrected chi connectivity index (χ0v) is 13.0. The molecule has 0 aliphatic carbocycles. The number of thiazole rings is 1. The van der Waals surface area contributed by atoms with Crippen LogP contribution in [-0.4, -0.2) is 25.7 Å². The van der Waals surface area contributed by atoms with Crippen LogP contribution >= 0.6 is 11.3 Å². The Bertz CT molecular complexity index is 604. The number of nitrogens with one attached hydrogen (secondary N) is 1. The van der Waals surface area contributed by atoms with Gasteiger partial charge >= 0.3 is 0 Å². The van der Waals surface area contributed by atoms with Crippen LogP contribution in [0, 0.1) is 13.8 Å². The second kappa shape index (κ2) is 6.13. The Kier molecular flexibility index (Phi) is 4.49. The van der Waals surface area contributed by atoms with E-state index in [1.165, 1.54) is 17.7 Å². The van der Waals surface area contributed by atoms with Gasteiger partial charge in [0.1, 0.15) is 17.0 Å². The number of nitrogens with zero attached hydrogens (tertiary/aromatic N) is 4. The van der Waals surface area contributed by atoms with Crippen molar-refractivity contribution in [3.05, 3.63) is 27.7 Å². The number of hydrogen-bond donors (Lipinski definition) is 1. The number of rotatable bonds is 5. The van der Waals surface area contributed by atoms with Crippen molar-refractivity contribution in [3.63, 3.8) is 0 Å². The lowest BCUT2D eigenvalue weighted by Crippen LogP contribution is -2.28. The summed E-state index contributed by atoms with van der Waals surface area (Å²) in [5.41, 5.74) is 0.771. The maximum absolute atomic E-state index is 12.3. The van der Waals surface area contributed by atoms with Gasteiger partial charge in [0.15, 0.2) is 0 Å². The fraction of sp³-hybridized carbons (Fsp3) is 0.538. The molecule has 0 aliphatic rings. The summed E-state index contributed by atoms with van der Waals surface area (Å²) >= 11 is 1.41. The Balaban J connectivity index is 2.11. The number of amides is 1. The standard InChI is InChI=1S/C13H19N5OS/c1-5-6-18-12(14-7-15-18)9(3)17-13(19)11-8(2)16-10(4)20-11/h7,9H,5-6H2,1-4H3,(H,17,19)/t9-/m1/s1. The average molecular weight is 293 g/mol. The van der Waals surface area contributed by atoms with Crippen LogP contribution in [0.4, 0.5) is 0 Å². The van der Waals surface area contributed by atoms with Gasteiger partial charge in [0.2, 0.25) is 0 Å². The molecule has 108 valence electrons. The van der Waals surface area contributed by atoms with Gasteiger partial charge in [-0.05, 0) is 27.2 Å². The van der Waals surface area contributed by atoms with Gasteiger partial charge in [-0.2, -0.15) is 5.10 Å². The first-order valence-electron chi connectivity index (χ1n) is 6.65. The monoisotopic (exact) mass is 293 g/mol. The summed E-state index contributed by atoms with van der Waals surface area (Å²) in [6.07, 6.45) is 2.50. The third-order valence-electron chi connectivity index (χ3n) is 2.93. The summed E-state index contributed by atoms with van der Waals surface area (Å²) in [6, 6.07) is -0.182. The third kappa shape index (κ3) is 3.04. The molecular weight excluding hydrogens is 274 g/mol. The lowest BCUT2D eigenvalue weighted by atomic mass is 10.3. The van der Waals surface area contributed by atoms with E-state index in [2.05, 4.69) is 27.3 Å². The molecule has 0 aliphatic heterocycles. The molecule has 0 fully saturated rings. The summed E-state index contributed by atoms with van der Waals surface area (Å²) in [5, 5.41) is 8.03. The minimum Gasteiger partial charge on any atom is -0.342 e. The highest BCUT2D eigenvalue weighted by atomic mass is 32.1. The number of aryl methyl sites for hydroxylation is 3. The van der Waals surface area contributed by atoms with E-state index in [1.54, 1.807) is 0 Å². The molecule has 2 aromatic rings. The zero-order valence-electron chi connectivity index (χ0n) is 12.2. The first-order chi connectivity index (χ1) is 9.52. The molecule has 2 aromatic heterocycles. The van der Waals surface area contributed by atoms with Crippen LogP contribution in [0.25, 0.3) is 0 Å². The fourth-order valence-electron chi connectivity index (χ4n) is 2.06. The first kappa shape index (κ1) is 14.6. The van der Waals surface area contributed by atoms with E-state index in [1.807, 2.05) is 25.5 Å². The van der Waals surface area contributed by atoms with E-state index in [-0.39, 0.29) is 11.9 Å². The molecule has 7 heteroatoms. The van der Waals surface area contributed by atoms with E-state index >= 15 is 0 Å². The molecular formula is C13H19N5OS. The Hall–Kier alpha value is -1.76. The van der Waals surface area contributed by atoms with Crippen LogP contribution in [0.15, 0.2) is 6.33 Å². The van der Waals surface area contributed by atoms with Crippen molar-refractivity contribution in [3.8, 4) is 0 Å². The van der Waals surface area contributed by atoms with Crippen molar-refractivity contribution in [2.75, 3.05) is 0 Å². The lowest BCUT2D eigenvalue weighted by molar-refractivity contribution is 0.0940. The second-order valence-corrected chi connectivity index (χ2v) is 5.89. The molecule has 0 radical (unpaired) electrons. The topological polar surface area (TPSA) is 72.7 Å². The highest BCUT2D eigenvalue weighted by Crippen LogP contribution is 2.18. The maximum Gasteiger partial charge on any atom is 0.263 e. The molecule has 0 saturated carbocycles. The molecule has 0 aromatic carbocycles. The third-order valence-corrected chi connectivity index (χ3v) is 4.00. The summed E-state index contributed by atoms with van der Waals surface area (Å²) < 4.78 is 1.83. The summed E-state index contributed by atoms with van der Waals surface area (Å²) in [7, 11) is 0. The number of aromatic nitrogens is 4. The Morgan fingerprint density at radius 1 is 1.50 bits per heavy atom. The van der Waals surface area contributed by atoms with Gasteiger partial charge in [0.25, 0.3) is 5.91 Å². The van der Waals surface area contributed by atoms with Crippen LogP contribution in [0.5, 0.6) is 0 Å². The smallest absolute Gasteiger partial charge is 0.263 e. The Morgan fingerprint density at radius 3 is 2.85 bits per heavy atom. The van der Waals surface area contributed by atoms with Gasteiger partial charge in [-0.1, -0.05) is 6.92 Å². The minimum atomic E-state index is -0.182. The lowest BCUT2D eigenvalue weighted by Gasteiger charge is -2.13. The van der Waals surface area contributed by atoms with Crippen molar-refractivity contribution in [1.29, 1.82) is 0 Å². The molecule has 2 rings (SSSR count). The molecule has 20 heavy (non-hydrogen) atoms. The van der Waals surface area contributed by atoms with E-state index in [0.717, 1.165) is 29.5 Å². The maximum atomic E-state index is 12.3. The molecule has 1 N–H and O–H groups in total. The molecule has 0 bridgehead atoms. The van der Waals surface area contributed by atoms with Gasteiger partial charge < -0.3 is 5.32 Å². The van der Waals surface area contributed by atoms with Crippen molar-refractivity contribution >= 4 is 17.2 Å². The molecule has 1 amide bonds. The van der Waals surface area contributed by atoms with Gasteiger partial charge in [-0.25, -0.2) is 14.6 Å².